The molecule has 0 radical (unpaired) electrons. The Morgan fingerprint density at radius 1 is 1.59 bits per heavy atom. The largest absolute Gasteiger partial charge is 0.356 e. The summed E-state index contributed by atoms with van der Waals surface area (Å²) >= 11 is 0. The summed E-state index contributed by atoms with van der Waals surface area (Å²) in [4.78, 5) is 31.7. The number of piperidine rings is 1. The van der Waals surface area contributed by atoms with E-state index in [9.17, 15) is 9.59 Å². The summed E-state index contributed by atoms with van der Waals surface area (Å²) in [5.74, 6) is 1.58. The Labute approximate surface area is 99.9 Å². The number of anilines is 1. The van der Waals surface area contributed by atoms with Gasteiger partial charge < -0.3 is 9.88 Å². The van der Waals surface area contributed by atoms with Crippen LogP contribution < -0.4 is 10.5 Å². The lowest BCUT2D eigenvalue weighted by atomic mass is 9.95. The number of ketones is 1. The first-order chi connectivity index (χ1) is 8.06. The minimum Gasteiger partial charge on any atom is -0.356 e. The Kier molecular flexibility index (Phi) is 3.26. The van der Waals surface area contributed by atoms with Gasteiger partial charge in [0.1, 0.15) is 17.4 Å². The van der Waals surface area contributed by atoms with E-state index in [1.807, 2.05) is 4.90 Å². The molecule has 0 bridgehead atoms. The lowest BCUT2D eigenvalue weighted by molar-refractivity contribution is -0.120. The number of rotatable bonds is 2. The molecule has 0 aliphatic carbocycles. The van der Waals surface area contributed by atoms with E-state index >= 15 is 0 Å². The molecule has 1 fully saturated rings. The number of nitrogens with zero attached hydrogens (tertiary/aromatic N) is 2. The van der Waals surface area contributed by atoms with Crippen molar-refractivity contribution in [3.63, 3.8) is 0 Å². The number of carbonyl (C=O) groups excluding carboxylic acids is 1. The van der Waals surface area contributed by atoms with E-state index in [1.54, 1.807) is 13.8 Å². The Morgan fingerprint density at radius 2 is 2.35 bits per heavy atom. The predicted molar refractivity (Wildman–Crippen MR) is 65.2 cm³/mol. The van der Waals surface area contributed by atoms with Gasteiger partial charge in [0.15, 0.2) is 0 Å². The van der Waals surface area contributed by atoms with Gasteiger partial charge in [-0.25, -0.2) is 4.98 Å². The van der Waals surface area contributed by atoms with E-state index in [4.69, 9.17) is 0 Å². The van der Waals surface area contributed by atoms with Gasteiger partial charge in [0.2, 0.25) is 0 Å². The lowest BCUT2D eigenvalue weighted by Crippen LogP contribution is -2.39. The molecule has 17 heavy (non-hydrogen) atoms. The van der Waals surface area contributed by atoms with Crippen molar-refractivity contribution in [2.45, 2.75) is 26.7 Å². The Bertz CT molecular complexity index is 481. The number of aromatic amines is 1. The van der Waals surface area contributed by atoms with Gasteiger partial charge in [0, 0.05) is 25.1 Å². The second-order valence-corrected chi connectivity index (χ2v) is 4.58. The first-order valence-corrected chi connectivity index (χ1v) is 5.89. The Morgan fingerprint density at radius 3 is 3.00 bits per heavy atom. The van der Waals surface area contributed by atoms with Crippen LogP contribution in [0.2, 0.25) is 0 Å². The minimum absolute atomic E-state index is 0.0742. The molecule has 0 amide bonds. The summed E-state index contributed by atoms with van der Waals surface area (Å²) in [6, 6.07) is 1.50. The number of aryl methyl sites for hydroxylation is 1. The molecule has 5 nitrogen and oxygen atoms in total. The number of nitrogens with one attached hydrogen (secondary N) is 1. The standard InChI is InChI=1S/C12H17N3O2/c1-8(16)10-4-3-5-15(7-10)11-6-12(17)14-9(2)13-11/h6,10H,3-5,7H2,1-2H3,(H,13,14,17). The van der Waals surface area contributed by atoms with E-state index in [1.165, 1.54) is 6.07 Å². The first-order valence-electron chi connectivity index (χ1n) is 5.89. The summed E-state index contributed by atoms with van der Waals surface area (Å²) in [7, 11) is 0. The highest BCUT2D eigenvalue weighted by Gasteiger charge is 2.24. The maximum Gasteiger partial charge on any atom is 0.252 e. The molecule has 5 heteroatoms. The second-order valence-electron chi connectivity index (χ2n) is 4.58. The van der Waals surface area contributed by atoms with Crippen LogP contribution in [0.4, 0.5) is 5.82 Å². The van der Waals surface area contributed by atoms with Crippen LogP contribution in [0.25, 0.3) is 0 Å². The molecule has 2 heterocycles. The van der Waals surface area contributed by atoms with Crippen LogP contribution in [-0.4, -0.2) is 28.8 Å². The maximum atomic E-state index is 11.4. The number of H-pyrrole nitrogens is 1. The van der Waals surface area contributed by atoms with E-state index in [2.05, 4.69) is 9.97 Å². The highest BCUT2D eigenvalue weighted by molar-refractivity contribution is 5.79. The van der Waals surface area contributed by atoms with E-state index in [0.717, 1.165) is 19.4 Å². The highest BCUT2D eigenvalue weighted by Crippen LogP contribution is 2.21. The third-order valence-corrected chi connectivity index (χ3v) is 3.17. The second kappa shape index (κ2) is 4.69. The fraction of sp³-hybridized carbons (Fsp3) is 0.583. The SMILES string of the molecule is CC(=O)C1CCCN(c2cc(=O)[nH]c(C)n2)C1. The molecule has 1 aliphatic heterocycles. The molecule has 92 valence electrons. The predicted octanol–water partition coefficient (Wildman–Crippen LogP) is 0.884. The summed E-state index contributed by atoms with van der Waals surface area (Å²) in [5, 5.41) is 0. The number of Topliss-reactive ketones (excluding diaryl/α,β-unsaturated/α-hetero) is 1. The number of hydrogen-bond donors (Lipinski definition) is 1. The first kappa shape index (κ1) is 11.8. The van der Waals surface area contributed by atoms with Crippen molar-refractivity contribution in [2.24, 2.45) is 5.92 Å². The molecule has 1 saturated heterocycles. The maximum absolute atomic E-state index is 11.4. The molecular formula is C12H17N3O2. The van der Waals surface area contributed by atoms with E-state index in [-0.39, 0.29) is 17.3 Å². The molecule has 0 spiro atoms. The van der Waals surface area contributed by atoms with Gasteiger partial charge >= 0.3 is 0 Å². The summed E-state index contributed by atoms with van der Waals surface area (Å²) in [6.45, 7) is 4.92. The van der Waals surface area contributed by atoms with Crippen LogP contribution in [0.3, 0.4) is 0 Å². The number of hydrogen-bond acceptors (Lipinski definition) is 4. The fourth-order valence-corrected chi connectivity index (χ4v) is 2.24. The van der Waals surface area contributed by atoms with Crippen molar-refractivity contribution in [2.75, 3.05) is 18.0 Å². The summed E-state index contributed by atoms with van der Waals surface area (Å²) < 4.78 is 0. The van der Waals surface area contributed by atoms with Gasteiger partial charge in [-0.1, -0.05) is 0 Å². The Hall–Kier alpha value is -1.65. The van der Waals surface area contributed by atoms with Crippen LogP contribution >= 0.6 is 0 Å². The fourth-order valence-electron chi connectivity index (χ4n) is 2.24. The lowest BCUT2D eigenvalue weighted by Gasteiger charge is -2.32. The van der Waals surface area contributed by atoms with Crippen LogP contribution in [0, 0.1) is 12.8 Å². The van der Waals surface area contributed by atoms with Crippen LogP contribution in [0.15, 0.2) is 10.9 Å². The van der Waals surface area contributed by atoms with E-state index in [0.29, 0.717) is 18.2 Å². The average Bonchev–Trinajstić information content (AvgIpc) is 2.28. The normalized spacial score (nSPS) is 20.4. The zero-order valence-corrected chi connectivity index (χ0v) is 10.2. The van der Waals surface area contributed by atoms with Gasteiger partial charge in [0.05, 0.1) is 0 Å². The molecule has 1 unspecified atom stereocenters. The smallest absolute Gasteiger partial charge is 0.252 e. The molecular weight excluding hydrogens is 218 g/mol. The minimum atomic E-state index is -0.141. The highest BCUT2D eigenvalue weighted by atomic mass is 16.1. The summed E-state index contributed by atoms with van der Waals surface area (Å²) in [6.07, 6.45) is 1.91. The average molecular weight is 235 g/mol. The molecule has 1 atom stereocenters. The zero-order chi connectivity index (χ0) is 12.4. The topological polar surface area (TPSA) is 66.1 Å². The van der Waals surface area contributed by atoms with Crippen LogP contribution in [-0.2, 0) is 4.79 Å². The molecule has 2 rings (SSSR count). The molecule has 1 aromatic rings. The van der Waals surface area contributed by atoms with Gasteiger partial charge in [0.25, 0.3) is 5.56 Å². The third-order valence-electron chi connectivity index (χ3n) is 3.17. The van der Waals surface area contributed by atoms with Gasteiger partial charge in [-0.05, 0) is 26.7 Å². The van der Waals surface area contributed by atoms with Crippen molar-refractivity contribution >= 4 is 11.6 Å². The number of aromatic nitrogens is 2. The van der Waals surface area contributed by atoms with Crippen LogP contribution in [0.5, 0.6) is 0 Å². The van der Waals surface area contributed by atoms with E-state index < -0.39 is 0 Å². The molecule has 1 aliphatic rings. The molecule has 0 saturated carbocycles. The third kappa shape index (κ3) is 2.72. The quantitative estimate of drug-likeness (QED) is 0.826. The van der Waals surface area contributed by atoms with Gasteiger partial charge in [-0.3, -0.25) is 9.59 Å². The van der Waals surface area contributed by atoms with Crippen molar-refractivity contribution in [1.82, 2.24) is 9.97 Å². The van der Waals surface area contributed by atoms with Crippen molar-refractivity contribution in [1.29, 1.82) is 0 Å². The molecule has 1 N–H and O–H groups in total. The van der Waals surface area contributed by atoms with Gasteiger partial charge in [-0.15, -0.1) is 0 Å². The summed E-state index contributed by atoms with van der Waals surface area (Å²) in [5.41, 5.74) is -0.141. The monoisotopic (exact) mass is 235 g/mol. The zero-order valence-electron chi connectivity index (χ0n) is 10.2. The van der Waals surface area contributed by atoms with Crippen molar-refractivity contribution in [3.8, 4) is 0 Å². The number of carbonyl (C=O) groups is 1. The van der Waals surface area contributed by atoms with Crippen molar-refractivity contribution in [3.05, 3.63) is 22.2 Å². The molecule has 0 aromatic carbocycles. The van der Waals surface area contributed by atoms with Crippen molar-refractivity contribution < 1.29 is 4.79 Å². The van der Waals surface area contributed by atoms with Crippen LogP contribution in [0.1, 0.15) is 25.6 Å². The molecule has 1 aromatic heterocycles. The Balaban J connectivity index is 2.21. The van der Waals surface area contributed by atoms with Gasteiger partial charge in [-0.2, -0.15) is 0 Å².